The number of hydrogen-bond donors (Lipinski definition) is 0. The molecule has 2 aliphatic rings. The molecule has 0 N–H and O–H groups in total. The van der Waals surface area contributed by atoms with Crippen molar-refractivity contribution in [2.24, 2.45) is 5.92 Å². The van der Waals surface area contributed by atoms with Crippen LogP contribution in [0.4, 0.5) is 0 Å². The summed E-state index contributed by atoms with van der Waals surface area (Å²) in [5.74, 6) is 0.378. The van der Waals surface area contributed by atoms with Crippen LogP contribution in [0.1, 0.15) is 38.3 Å². The van der Waals surface area contributed by atoms with E-state index in [-0.39, 0.29) is 11.8 Å². The topological polar surface area (TPSA) is 50.6 Å². The summed E-state index contributed by atoms with van der Waals surface area (Å²) in [6.07, 6.45) is 6.02. The Morgan fingerprint density at radius 2 is 2.22 bits per heavy atom. The van der Waals surface area contributed by atoms with E-state index in [9.17, 15) is 4.79 Å². The quantitative estimate of drug-likeness (QED) is 0.844. The van der Waals surface area contributed by atoms with Crippen molar-refractivity contribution >= 4 is 5.91 Å². The van der Waals surface area contributed by atoms with Crippen molar-refractivity contribution in [3.8, 4) is 0 Å². The number of ether oxygens (including phenoxy) is 1. The Labute approximate surface area is 138 Å². The second kappa shape index (κ2) is 7.45. The first-order valence-electron chi connectivity index (χ1n) is 8.75. The highest BCUT2D eigenvalue weighted by Gasteiger charge is 2.29. The molecule has 128 valence electrons. The van der Waals surface area contributed by atoms with E-state index in [0.29, 0.717) is 12.6 Å². The van der Waals surface area contributed by atoms with Crippen molar-refractivity contribution in [1.82, 2.24) is 19.6 Å². The number of carbonyl (C=O) groups excluding carboxylic acids is 1. The van der Waals surface area contributed by atoms with Crippen molar-refractivity contribution in [2.45, 2.75) is 39.3 Å². The highest BCUT2D eigenvalue weighted by Crippen LogP contribution is 2.17. The molecule has 2 aliphatic heterocycles. The number of rotatable bonds is 4. The number of aromatic nitrogens is 2. The van der Waals surface area contributed by atoms with Crippen molar-refractivity contribution in [1.29, 1.82) is 0 Å². The summed E-state index contributed by atoms with van der Waals surface area (Å²) in [5.41, 5.74) is 1.25. The van der Waals surface area contributed by atoms with Gasteiger partial charge in [0.25, 0.3) is 0 Å². The molecule has 6 heteroatoms. The third kappa shape index (κ3) is 4.12. The Morgan fingerprint density at radius 3 is 2.91 bits per heavy atom. The van der Waals surface area contributed by atoms with Gasteiger partial charge in [0.1, 0.15) is 0 Å². The minimum absolute atomic E-state index is 0.0887. The van der Waals surface area contributed by atoms with E-state index in [2.05, 4.69) is 30.0 Å². The standard InChI is InChI=1S/C17H28N4O2/c1-14(2)21-12-15(10-18-21)11-19-5-3-6-20(8-7-19)17(22)16-4-9-23-13-16/h10,12,14,16H,3-9,11,13H2,1-2H3/t16-/m0/s1. The molecule has 1 atom stereocenters. The number of hydrogen-bond acceptors (Lipinski definition) is 4. The summed E-state index contributed by atoms with van der Waals surface area (Å²) >= 11 is 0. The SMILES string of the molecule is CC(C)n1cc(CN2CCCN(C(=O)[C@H]3CCOC3)CC2)cn1. The molecule has 0 aliphatic carbocycles. The second-order valence-electron chi connectivity index (χ2n) is 6.94. The van der Waals surface area contributed by atoms with Crippen molar-refractivity contribution in [3.05, 3.63) is 18.0 Å². The number of nitrogens with zero attached hydrogens (tertiary/aromatic N) is 4. The minimum Gasteiger partial charge on any atom is -0.381 e. The Bertz CT molecular complexity index is 522. The zero-order valence-corrected chi connectivity index (χ0v) is 14.3. The van der Waals surface area contributed by atoms with Gasteiger partial charge in [-0.1, -0.05) is 0 Å². The van der Waals surface area contributed by atoms with Crippen LogP contribution >= 0.6 is 0 Å². The number of amides is 1. The van der Waals surface area contributed by atoms with Crippen LogP contribution in [-0.4, -0.2) is 64.9 Å². The molecule has 0 bridgehead atoms. The summed E-state index contributed by atoms with van der Waals surface area (Å²) in [4.78, 5) is 17.0. The largest absolute Gasteiger partial charge is 0.381 e. The average molecular weight is 320 g/mol. The van der Waals surface area contributed by atoms with Crippen LogP contribution in [0.2, 0.25) is 0 Å². The van der Waals surface area contributed by atoms with Crippen LogP contribution in [0.3, 0.4) is 0 Å². The fraction of sp³-hybridized carbons (Fsp3) is 0.765. The van der Waals surface area contributed by atoms with E-state index in [1.807, 2.05) is 15.8 Å². The van der Waals surface area contributed by atoms with Crippen LogP contribution in [0.25, 0.3) is 0 Å². The highest BCUT2D eigenvalue weighted by atomic mass is 16.5. The molecule has 1 aromatic rings. The third-order valence-electron chi connectivity index (χ3n) is 4.77. The lowest BCUT2D eigenvalue weighted by atomic mass is 10.1. The lowest BCUT2D eigenvalue weighted by Crippen LogP contribution is -2.39. The Kier molecular flexibility index (Phi) is 5.33. The molecule has 0 unspecified atom stereocenters. The Balaban J connectivity index is 1.52. The minimum atomic E-state index is 0.0887. The van der Waals surface area contributed by atoms with E-state index in [1.165, 1.54) is 5.56 Å². The lowest BCUT2D eigenvalue weighted by Gasteiger charge is -2.24. The molecule has 3 heterocycles. The van der Waals surface area contributed by atoms with Crippen molar-refractivity contribution in [3.63, 3.8) is 0 Å². The van der Waals surface area contributed by atoms with E-state index in [0.717, 1.165) is 52.2 Å². The van der Waals surface area contributed by atoms with Gasteiger partial charge >= 0.3 is 0 Å². The molecule has 0 aromatic carbocycles. The van der Waals surface area contributed by atoms with Gasteiger partial charge in [0.2, 0.25) is 5.91 Å². The fourth-order valence-corrected chi connectivity index (χ4v) is 3.34. The van der Waals surface area contributed by atoms with Gasteiger partial charge in [-0.3, -0.25) is 14.4 Å². The van der Waals surface area contributed by atoms with Gasteiger partial charge in [0, 0.05) is 57.1 Å². The fourth-order valence-electron chi connectivity index (χ4n) is 3.34. The zero-order chi connectivity index (χ0) is 16.2. The average Bonchev–Trinajstić information content (AvgIpc) is 3.16. The van der Waals surface area contributed by atoms with Crippen LogP contribution in [0.5, 0.6) is 0 Å². The van der Waals surface area contributed by atoms with Crippen LogP contribution < -0.4 is 0 Å². The summed E-state index contributed by atoms with van der Waals surface area (Å²) in [7, 11) is 0. The first-order chi connectivity index (χ1) is 11.1. The Morgan fingerprint density at radius 1 is 1.35 bits per heavy atom. The van der Waals surface area contributed by atoms with Crippen LogP contribution in [-0.2, 0) is 16.1 Å². The molecular formula is C17H28N4O2. The second-order valence-corrected chi connectivity index (χ2v) is 6.94. The summed E-state index contributed by atoms with van der Waals surface area (Å²) in [5, 5.41) is 4.41. The molecular weight excluding hydrogens is 292 g/mol. The maximum Gasteiger partial charge on any atom is 0.228 e. The van der Waals surface area contributed by atoms with E-state index < -0.39 is 0 Å². The van der Waals surface area contributed by atoms with Crippen LogP contribution in [0.15, 0.2) is 12.4 Å². The summed E-state index contributed by atoms with van der Waals surface area (Å²) < 4.78 is 7.36. The molecule has 1 aromatic heterocycles. The smallest absolute Gasteiger partial charge is 0.228 e. The summed E-state index contributed by atoms with van der Waals surface area (Å²) in [6, 6.07) is 0.398. The first-order valence-corrected chi connectivity index (χ1v) is 8.75. The molecule has 2 saturated heterocycles. The van der Waals surface area contributed by atoms with Gasteiger partial charge in [-0.05, 0) is 26.7 Å². The van der Waals surface area contributed by atoms with E-state index >= 15 is 0 Å². The Hall–Kier alpha value is -1.40. The van der Waals surface area contributed by atoms with Gasteiger partial charge in [-0.2, -0.15) is 5.10 Å². The first kappa shape index (κ1) is 16.5. The normalized spacial score (nSPS) is 23.4. The highest BCUT2D eigenvalue weighted by molar-refractivity contribution is 5.79. The number of carbonyl (C=O) groups is 1. The predicted molar refractivity (Wildman–Crippen MR) is 88.0 cm³/mol. The van der Waals surface area contributed by atoms with Gasteiger partial charge in [-0.15, -0.1) is 0 Å². The van der Waals surface area contributed by atoms with E-state index in [1.54, 1.807) is 0 Å². The van der Waals surface area contributed by atoms with Gasteiger partial charge < -0.3 is 9.64 Å². The van der Waals surface area contributed by atoms with Crippen LogP contribution in [0, 0.1) is 5.92 Å². The maximum absolute atomic E-state index is 12.5. The van der Waals surface area contributed by atoms with Crippen molar-refractivity contribution in [2.75, 3.05) is 39.4 Å². The zero-order valence-electron chi connectivity index (χ0n) is 14.3. The molecule has 1 amide bonds. The van der Waals surface area contributed by atoms with Gasteiger partial charge in [0.05, 0.1) is 18.7 Å². The molecule has 3 rings (SSSR count). The molecule has 23 heavy (non-hydrogen) atoms. The molecule has 0 spiro atoms. The predicted octanol–water partition coefficient (Wildman–Crippen LogP) is 1.53. The summed E-state index contributed by atoms with van der Waals surface area (Å²) in [6.45, 7) is 10.2. The van der Waals surface area contributed by atoms with Gasteiger partial charge in [-0.25, -0.2) is 0 Å². The maximum atomic E-state index is 12.5. The molecule has 6 nitrogen and oxygen atoms in total. The monoisotopic (exact) mass is 320 g/mol. The molecule has 0 saturated carbocycles. The third-order valence-corrected chi connectivity index (χ3v) is 4.77. The lowest BCUT2D eigenvalue weighted by molar-refractivity contribution is -0.135. The van der Waals surface area contributed by atoms with E-state index in [4.69, 9.17) is 4.74 Å². The van der Waals surface area contributed by atoms with Crippen molar-refractivity contribution < 1.29 is 9.53 Å². The van der Waals surface area contributed by atoms with Gasteiger partial charge in [0.15, 0.2) is 0 Å². The molecule has 0 radical (unpaired) electrons. The molecule has 2 fully saturated rings.